The topological polar surface area (TPSA) is 49.0 Å². The molecule has 88 valence electrons. The van der Waals surface area contributed by atoms with E-state index < -0.39 is 0 Å². The summed E-state index contributed by atoms with van der Waals surface area (Å²) in [5, 5.41) is 7.42. The van der Waals surface area contributed by atoms with E-state index in [9.17, 15) is 4.79 Å². The number of H-pyrrole nitrogens is 1. The van der Waals surface area contributed by atoms with Gasteiger partial charge in [-0.1, -0.05) is 23.7 Å². The highest BCUT2D eigenvalue weighted by molar-refractivity contribution is 6.30. The Morgan fingerprint density at radius 1 is 1.29 bits per heavy atom. The highest BCUT2D eigenvalue weighted by atomic mass is 35.5. The molecular weight excluding hydrogens is 238 g/mol. The Hall–Kier alpha value is -1.81. The zero-order valence-corrected chi connectivity index (χ0v) is 10.3. The first-order valence-electron chi connectivity index (χ1n) is 5.10. The van der Waals surface area contributed by atoms with Crippen molar-refractivity contribution in [3.63, 3.8) is 0 Å². The van der Waals surface area contributed by atoms with E-state index in [-0.39, 0.29) is 5.91 Å². The molecule has 4 nitrogen and oxygen atoms in total. The standard InChI is InChI=1S/C12H12ClN3O/c1-16(2)12(17)10-7-14-15-11(10)8-3-5-9(13)6-4-8/h3-7H,1-2H3,(H,14,15). The third-order valence-electron chi connectivity index (χ3n) is 2.41. The van der Waals surface area contributed by atoms with Crippen LogP contribution in [0.4, 0.5) is 0 Å². The van der Waals surface area contributed by atoms with Crippen molar-refractivity contribution >= 4 is 17.5 Å². The SMILES string of the molecule is CN(C)C(=O)c1cn[nH]c1-c1ccc(Cl)cc1. The number of hydrogen-bond donors (Lipinski definition) is 1. The summed E-state index contributed by atoms with van der Waals surface area (Å²) >= 11 is 5.82. The van der Waals surface area contributed by atoms with Crippen LogP contribution < -0.4 is 0 Å². The summed E-state index contributed by atoms with van der Waals surface area (Å²) in [6.07, 6.45) is 1.53. The average molecular weight is 250 g/mol. The molecule has 1 aromatic heterocycles. The molecule has 0 fully saturated rings. The smallest absolute Gasteiger partial charge is 0.257 e. The highest BCUT2D eigenvalue weighted by Crippen LogP contribution is 2.23. The normalized spacial score (nSPS) is 10.3. The van der Waals surface area contributed by atoms with Gasteiger partial charge < -0.3 is 4.90 Å². The van der Waals surface area contributed by atoms with Gasteiger partial charge in [0.15, 0.2) is 0 Å². The fourth-order valence-corrected chi connectivity index (χ4v) is 1.65. The molecule has 0 unspecified atom stereocenters. The first-order chi connectivity index (χ1) is 8.09. The Bertz CT molecular complexity index is 531. The molecule has 0 aliphatic heterocycles. The van der Waals surface area contributed by atoms with Gasteiger partial charge in [-0.2, -0.15) is 5.10 Å². The van der Waals surface area contributed by atoms with Crippen LogP contribution in [-0.2, 0) is 0 Å². The maximum atomic E-state index is 11.9. The minimum absolute atomic E-state index is 0.0799. The number of aromatic nitrogens is 2. The van der Waals surface area contributed by atoms with E-state index in [0.717, 1.165) is 5.56 Å². The van der Waals surface area contributed by atoms with Gasteiger partial charge in [0.2, 0.25) is 0 Å². The molecule has 1 heterocycles. The third-order valence-corrected chi connectivity index (χ3v) is 2.66. The molecule has 0 saturated carbocycles. The fraction of sp³-hybridized carbons (Fsp3) is 0.167. The number of rotatable bonds is 2. The first kappa shape index (κ1) is 11.7. The van der Waals surface area contributed by atoms with Crippen molar-refractivity contribution in [1.82, 2.24) is 15.1 Å². The van der Waals surface area contributed by atoms with Gasteiger partial charge in [-0.25, -0.2) is 0 Å². The molecule has 1 amide bonds. The van der Waals surface area contributed by atoms with Gasteiger partial charge in [-0.3, -0.25) is 9.89 Å². The molecule has 5 heteroatoms. The van der Waals surface area contributed by atoms with Crippen LogP contribution in [0.25, 0.3) is 11.3 Å². The molecule has 1 aromatic carbocycles. The van der Waals surface area contributed by atoms with Crippen molar-refractivity contribution in [2.45, 2.75) is 0 Å². The van der Waals surface area contributed by atoms with Gasteiger partial charge >= 0.3 is 0 Å². The molecule has 0 bridgehead atoms. The van der Waals surface area contributed by atoms with E-state index >= 15 is 0 Å². The largest absolute Gasteiger partial charge is 0.345 e. The van der Waals surface area contributed by atoms with Crippen LogP contribution in [0, 0.1) is 0 Å². The van der Waals surface area contributed by atoms with Crippen LogP contribution in [0.15, 0.2) is 30.5 Å². The number of carbonyl (C=O) groups excluding carboxylic acids is 1. The molecule has 0 radical (unpaired) electrons. The molecule has 0 aliphatic rings. The predicted molar refractivity (Wildman–Crippen MR) is 67.1 cm³/mol. The number of nitrogens with one attached hydrogen (secondary N) is 1. The minimum Gasteiger partial charge on any atom is -0.345 e. The number of carbonyl (C=O) groups is 1. The lowest BCUT2D eigenvalue weighted by atomic mass is 10.1. The Labute approximate surface area is 104 Å². The van der Waals surface area contributed by atoms with Crippen molar-refractivity contribution in [1.29, 1.82) is 0 Å². The van der Waals surface area contributed by atoms with Crippen LogP contribution >= 0.6 is 11.6 Å². The third kappa shape index (κ3) is 2.31. The Balaban J connectivity index is 2.43. The van der Waals surface area contributed by atoms with E-state index in [1.54, 1.807) is 26.2 Å². The lowest BCUT2D eigenvalue weighted by Gasteiger charge is -2.10. The van der Waals surface area contributed by atoms with E-state index in [1.807, 2.05) is 12.1 Å². The second kappa shape index (κ2) is 4.59. The number of benzene rings is 1. The van der Waals surface area contributed by atoms with Crippen LogP contribution in [0.2, 0.25) is 5.02 Å². The highest BCUT2D eigenvalue weighted by Gasteiger charge is 2.16. The number of amides is 1. The lowest BCUT2D eigenvalue weighted by molar-refractivity contribution is 0.0828. The van der Waals surface area contributed by atoms with Crippen molar-refractivity contribution in [2.24, 2.45) is 0 Å². The van der Waals surface area contributed by atoms with Gasteiger partial charge in [0.25, 0.3) is 5.91 Å². The van der Waals surface area contributed by atoms with Crippen molar-refractivity contribution < 1.29 is 4.79 Å². The number of nitrogens with zero attached hydrogens (tertiary/aromatic N) is 2. The summed E-state index contributed by atoms with van der Waals surface area (Å²) < 4.78 is 0. The quantitative estimate of drug-likeness (QED) is 0.889. The molecule has 1 N–H and O–H groups in total. The van der Waals surface area contributed by atoms with E-state index in [4.69, 9.17) is 11.6 Å². The van der Waals surface area contributed by atoms with E-state index in [2.05, 4.69) is 10.2 Å². The predicted octanol–water partition coefficient (Wildman–Crippen LogP) is 2.43. The number of hydrogen-bond acceptors (Lipinski definition) is 2. The molecular formula is C12H12ClN3O. The second-order valence-corrected chi connectivity index (χ2v) is 4.30. The number of aromatic amines is 1. The van der Waals surface area contributed by atoms with Crippen LogP contribution in [-0.4, -0.2) is 35.1 Å². The maximum absolute atomic E-state index is 11.9. The van der Waals surface area contributed by atoms with E-state index in [0.29, 0.717) is 16.3 Å². The molecule has 2 aromatic rings. The lowest BCUT2D eigenvalue weighted by Crippen LogP contribution is -2.21. The van der Waals surface area contributed by atoms with Gasteiger partial charge in [-0.15, -0.1) is 0 Å². The molecule has 17 heavy (non-hydrogen) atoms. The Morgan fingerprint density at radius 2 is 1.94 bits per heavy atom. The van der Waals surface area contributed by atoms with Gasteiger partial charge in [0.1, 0.15) is 0 Å². The Morgan fingerprint density at radius 3 is 2.53 bits per heavy atom. The average Bonchev–Trinajstić information content (AvgIpc) is 2.77. The fourth-order valence-electron chi connectivity index (χ4n) is 1.53. The van der Waals surface area contributed by atoms with Gasteiger partial charge in [-0.05, 0) is 12.1 Å². The summed E-state index contributed by atoms with van der Waals surface area (Å²) in [6.45, 7) is 0. The zero-order valence-electron chi connectivity index (χ0n) is 9.57. The molecule has 2 rings (SSSR count). The maximum Gasteiger partial charge on any atom is 0.257 e. The van der Waals surface area contributed by atoms with Crippen LogP contribution in [0.3, 0.4) is 0 Å². The van der Waals surface area contributed by atoms with Gasteiger partial charge in [0, 0.05) is 24.7 Å². The first-order valence-corrected chi connectivity index (χ1v) is 5.48. The van der Waals surface area contributed by atoms with E-state index in [1.165, 1.54) is 11.1 Å². The second-order valence-electron chi connectivity index (χ2n) is 3.87. The molecule has 0 aliphatic carbocycles. The summed E-state index contributed by atoms with van der Waals surface area (Å²) in [7, 11) is 3.42. The minimum atomic E-state index is -0.0799. The molecule has 0 saturated heterocycles. The molecule has 0 atom stereocenters. The van der Waals surface area contributed by atoms with Crippen molar-refractivity contribution in [2.75, 3.05) is 14.1 Å². The monoisotopic (exact) mass is 249 g/mol. The van der Waals surface area contributed by atoms with Crippen molar-refractivity contribution in [3.8, 4) is 11.3 Å². The van der Waals surface area contributed by atoms with Crippen LogP contribution in [0.1, 0.15) is 10.4 Å². The Kier molecular flexibility index (Phi) is 3.15. The zero-order chi connectivity index (χ0) is 12.4. The number of halogens is 1. The van der Waals surface area contributed by atoms with Crippen LogP contribution in [0.5, 0.6) is 0 Å². The summed E-state index contributed by atoms with van der Waals surface area (Å²) in [5.74, 6) is -0.0799. The van der Waals surface area contributed by atoms with Gasteiger partial charge in [0.05, 0.1) is 17.5 Å². The molecule has 0 spiro atoms. The van der Waals surface area contributed by atoms with Crippen molar-refractivity contribution in [3.05, 3.63) is 41.0 Å². The summed E-state index contributed by atoms with van der Waals surface area (Å²) in [4.78, 5) is 13.4. The summed E-state index contributed by atoms with van der Waals surface area (Å²) in [5.41, 5.74) is 2.15. The summed E-state index contributed by atoms with van der Waals surface area (Å²) in [6, 6.07) is 7.26.